The number of oxime groups is 1. The summed E-state index contributed by atoms with van der Waals surface area (Å²) in [5.74, 6) is 0. The molecular weight excluding hydrogens is 174 g/mol. The Morgan fingerprint density at radius 1 is 1.21 bits per heavy atom. The lowest BCUT2D eigenvalue weighted by molar-refractivity contribution is 0.313. The van der Waals surface area contributed by atoms with Gasteiger partial charge in [-0.2, -0.15) is 0 Å². The molecule has 0 atom stereocenters. The van der Waals surface area contributed by atoms with Gasteiger partial charge in [-0.25, -0.2) is 0 Å². The van der Waals surface area contributed by atoms with Gasteiger partial charge in [0.25, 0.3) is 0 Å². The molecule has 1 rings (SSSR count). The molecule has 0 aliphatic rings. The van der Waals surface area contributed by atoms with Crippen molar-refractivity contribution in [3.8, 4) is 0 Å². The summed E-state index contributed by atoms with van der Waals surface area (Å²) in [7, 11) is 0. The van der Waals surface area contributed by atoms with Crippen LogP contribution in [0.2, 0.25) is 0 Å². The number of hydrogen-bond acceptors (Lipinski definition) is 2. The molecule has 1 aromatic carbocycles. The van der Waals surface area contributed by atoms with Crippen LogP contribution in [0.25, 0.3) is 0 Å². The first-order chi connectivity index (χ1) is 6.53. The molecule has 2 nitrogen and oxygen atoms in total. The summed E-state index contributed by atoms with van der Waals surface area (Å²) in [4.78, 5) is 0. The molecule has 2 heteroatoms. The third-order valence-electron chi connectivity index (χ3n) is 1.93. The Morgan fingerprint density at radius 2 is 1.79 bits per heavy atom. The highest BCUT2D eigenvalue weighted by Gasteiger charge is 2.15. The fourth-order valence-electron chi connectivity index (χ4n) is 1.33. The second-order valence-corrected chi connectivity index (χ2v) is 4.65. The van der Waals surface area contributed by atoms with Crippen molar-refractivity contribution in [3.05, 3.63) is 35.9 Å². The summed E-state index contributed by atoms with van der Waals surface area (Å²) in [5, 5.41) is 12.3. The molecule has 76 valence electrons. The normalized spacial score (nSPS) is 12.9. The average molecular weight is 191 g/mol. The van der Waals surface area contributed by atoms with Crippen LogP contribution in [0.4, 0.5) is 0 Å². The van der Waals surface area contributed by atoms with E-state index < -0.39 is 0 Å². The molecule has 0 aliphatic carbocycles. The molecule has 0 saturated heterocycles. The Hall–Kier alpha value is -1.31. The number of rotatable bonds is 2. The van der Waals surface area contributed by atoms with Crippen LogP contribution >= 0.6 is 0 Å². The highest BCUT2D eigenvalue weighted by molar-refractivity contribution is 6.00. The van der Waals surface area contributed by atoms with Crippen LogP contribution < -0.4 is 0 Å². The zero-order valence-electron chi connectivity index (χ0n) is 8.99. The summed E-state index contributed by atoms with van der Waals surface area (Å²) in [6.07, 6.45) is 0.771. The molecule has 1 aromatic rings. The van der Waals surface area contributed by atoms with Crippen molar-refractivity contribution >= 4 is 5.71 Å². The van der Waals surface area contributed by atoms with E-state index >= 15 is 0 Å². The van der Waals surface area contributed by atoms with Crippen LogP contribution in [0.3, 0.4) is 0 Å². The molecule has 0 fully saturated rings. The standard InChI is InChI=1S/C12H17NO/c1-12(2,3)9-11(13-14)10-7-5-4-6-8-10/h4-8,14H,9H2,1-3H3. The third-order valence-corrected chi connectivity index (χ3v) is 1.93. The van der Waals surface area contributed by atoms with E-state index in [1.54, 1.807) is 0 Å². The van der Waals surface area contributed by atoms with E-state index in [0.29, 0.717) is 0 Å². The summed E-state index contributed by atoms with van der Waals surface area (Å²) < 4.78 is 0. The Balaban J connectivity index is 2.85. The first kappa shape index (κ1) is 10.8. The van der Waals surface area contributed by atoms with E-state index in [0.717, 1.165) is 17.7 Å². The number of hydrogen-bond donors (Lipinski definition) is 1. The molecule has 0 heterocycles. The summed E-state index contributed by atoms with van der Waals surface area (Å²) in [6, 6.07) is 9.77. The Morgan fingerprint density at radius 3 is 2.21 bits per heavy atom. The Labute approximate surface area is 85.3 Å². The quantitative estimate of drug-likeness (QED) is 0.434. The zero-order valence-corrected chi connectivity index (χ0v) is 8.99. The SMILES string of the molecule is CC(C)(C)CC(=NO)c1ccccc1. The molecule has 0 unspecified atom stereocenters. The monoisotopic (exact) mass is 191 g/mol. The molecule has 0 aliphatic heterocycles. The van der Waals surface area contributed by atoms with Gasteiger partial charge < -0.3 is 5.21 Å². The van der Waals surface area contributed by atoms with E-state index in [1.807, 2.05) is 30.3 Å². The van der Waals surface area contributed by atoms with Gasteiger partial charge in [0, 0.05) is 0 Å². The predicted octanol–water partition coefficient (Wildman–Crippen LogP) is 3.30. The minimum atomic E-state index is 0.136. The van der Waals surface area contributed by atoms with E-state index in [-0.39, 0.29) is 5.41 Å². The van der Waals surface area contributed by atoms with Crippen LogP contribution in [0.15, 0.2) is 35.5 Å². The molecule has 0 aromatic heterocycles. The molecular formula is C12H17NO. The van der Waals surface area contributed by atoms with Crippen LogP contribution in [0.1, 0.15) is 32.8 Å². The first-order valence-electron chi connectivity index (χ1n) is 4.79. The van der Waals surface area contributed by atoms with Crippen molar-refractivity contribution in [3.63, 3.8) is 0 Å². The van der Waals surface area contributed by atoms with Gasteiger partial charge in [-0.1, -0.05) is 56.3 Å². The van der Waals surface area contributed by atoms with Gasteiger partial charge in [-0.05, 0) is 17.4 Å². The lowest BCUT2D eigenvalue weighted by atomic mass is 9.87. The van der Waals surface area contributed by atoms with Crippen molar-refractivity contribution in [1.82, 2.24) is 0 Å². The lowest BCUT2D eigenvalue weighted by Crippen LogP contribution is -2.14. The smallest absolute Gasteiger partial charge is 0.0873 e. The van der Waals surface area contributed by atoms with Crippen molar-refractivity contribution in [1.29, 1.82) is 0 Å². The molecule has 0 amide bonds. The predicted molar refractivity (Wildman–Crippen MR) is 58.8 cm³/mol. The fourth-order valence-corrected chi connectivity index (χ4v) is 1.33. The highest BCUT2D eigenvalue weighted by Crippen LogP contribution is 2.21. The summed E-state index contributed by atoms with van der Waals surface area (Å²) in [5.41, 5.74) is 1.88. The number of nitrogens with zero attached hydrogens (tertiary/aromatic N) is 1. The van der Waals surface area contributed by atoms with E-state index in [2.05, 4.69) is 25.9 Å². The van der Waals surface area contributed by atoms with E-state index in [4.69, 9.17) is 5.21 Å². The summed E-state index contributed by atoms with van der Waals surface area (Å²) in [6.45, 7) is 6.38. The second-order valence-electron chi connectivity index (χ2n) is 4.65. The van der Waals surface area contributed by atoms with Crippen LogP contribution in [-0.2, 0) is 0 Å². The van der Waals surface area contributed by atoms with Gasteiger partial charge in [0.05, 0.1) is 5.71 Å². The largest absolute Gasteiger partial charge is 0.411 e. The maximum Gasteiger partial charge on any atom is 0.0873 e. The van der Waals surface area contributed by atoms with Crippen molar-refractivity contribution in [2.75, 3.05) is 0 Å². The molecule has 0 saturated carbocycles. The minimum Gasteiger partial charge on any atom is -0.411 e. The summed E-state index contributed by atoms with van der Waals surface area (Å²) >= 11 is 0. The molecule has 0 radical (unpaired) electrons. The van der Waals surface area contributed by atoms with Crippen molar-refractivity contribution < 1.29 is 5.21 Å². The van der Waals surface area contributed by atoms with Gasteiger partial charge in [0.15, 0.2) is 0 Å². The topological polar surface area (TPSA) is 32.6 Å². The van der Waals surface area contributed by atoms with Crippen molar-refractivity contribution in [2.24, 2.45) is 10.6 Å². The van der Waals surface area contributed by atoms with Gasteiger partial charge in [0.2, 0.25) is 0 Å². The van der Waals surface area contributed by atoms with Gasteiger partial charge >= 0.3 is 0 Å². The van der Waals surface area contributed by atoms with E-state index in [1.165, 1.54) is 0 Å². The molecule has 1 N–H and O–H groups in total. The number of benzene rings is 1. The Kier molecular flexibility index (Phi) is 3.28. The van der Waals surface area contributed by atoms with Crippen LogP contribution in [-0.4, -0.2) is 10.9 Å². The zero-order chi connectivity index (χ0) is 10.6. The minimum absolute atomic E-state index is 0.136. The highest BCUT2D eigenvalue weighted by atomic mass is 16.4. The average Bonchev–Trinajstić information content (AvgIpc) is 2.14. The maximum atomic E-state index is 8.93. The molecule has 0 bridgehead atoms. The molecule has 0 spiro atoms. The Bertz CT molecular complexity index is 309. The van der Waals surface area contributed by atoms with E-state index in [9.17, 15) is 0 Å². The molecule has 14 heavy (non-hydrogen) atoms. The first-order valence-corrected chi connectivity index (χ1v) is 4.79. The van der Waals surface area contributed by atoms with Gasteiger partial charge in [-0.15, -0.1) is 0 Å². The van der Waals surface area contributed by atoms with Gasteiger partial charge in [0.1, 0.15) is 0 Å². The lowest BCUT2D eigenvalue weighted by Gasteiger charge is -2.18. The van der Waals surface area contributed by atoms with Crippen LogP contribution in [0.5, 0.6) is 0 Å². The van der Waals surface area contributed by atoms with Crippen molar-refractivity contribution in [2.45, 2.75) is 27.2 Å². The second kappa shape index (κ2) is 4.27. The fraction of sp³-hybridized carbons (Fsp3) is 0.417. The van der Waals surface area contributed by atoms with Crippen LogP contribution in [0, 0.1) is 5.41 Å². The van der Waals surface area contributed by atoms with Gasteiger partial charge in [-0.3, -0.25) is 0 Å². The maximum absolute atomic E-state index is 8.93. The third kappa shape index (κ3) is 3.21.